The third kappa shape index (κ3) is 3.21. The maximum absolute atomic E-state index is 10.2. The van der Waals surface area contributed by atoms with E-state index in [0.717, 1.165) is 36.5 Å². The highest BCUT2D eigenvalue weighted by Crippen LogP contribution is 2.27. The highest BCUT2D eigenvalue weighted by Gasteiger charge is 2.22. The summed E-state index contributed by atoms with van der Waals surface area (Å²) in [5.74, 6) is 3.75. The molecule has 0 atom stereocenters. The van der Waals surface area contributed by atoms with Gasteiger partial charge in [0.25, 0.3) is 0 Å². The summed E-state index contributed by atoms with van der Waals surface area (Å²) in [4.78, 5) is 2.09. The van der Waals surface area contributed by atoms with Crippen LogP contribution in [0.1, 0.15) is 20.8 Å². The van der Waals surface area contributed by atoms with E-state index < -0.39 is 0 Å². The Morgan fingerprint density at radius 3 is 2.76 bits per heavy atom. The van der Waals surface area contributed by atoms with Crippen molar-refractivity contribution in [1.29, 1.82) is 0 Å². The van der Waals surface area contributed by atoms with E-state index in [2.05, 4.69) is 22.5 Å². The molecular formula is C13H20N2OS. The van der Waals surface area contributed by atoms with Crippen molar-refractivity contribution in [2.24, 2.45) is 0 Å². The molecule has 0 aliphatic carbocycles. The van der Waals surface area contributed by atoms with Gasteiger partial charge in [0.05, 0.1) is 12.2 Å². The molecule has 0 amide bonds. The Hall–Kier alpha value is -1.05. The number of terminal acetylenes is 1. The van der Waals surface area contributed by atoms with Crippen molar-refractivity contribution in [3.63, 3.8) is 0 Å². The Morgan fingerprint density at radius 1 is 1.53 bits per heavy atom. The molecule has 0 saturated heterocycles. The maximum atomic E-state index is 10.2. The second-order valence-corrected chi connectivity index (χ2v) is 4.70. The van der Waals surface area contributed by atoms with Crippen molar-refractivity contribution in [1.82, 2.24) is 9.62 Å². The van der Waals surface area contributed by atoms with Crippen molar-refractivity contribution < 1.29 is 5.11 Å². The van der Waals surface area contributed by atoms with Crippen LogP contribution in [0.25, 0.3) is 0 Å². The summed E-state index contributed by atoms with van der Waals surface area (Å²) < 4.78 is 3.17. The number of allylic oxidation sites excluding steroid dienone is 2. The molecule has 0 fully saturated rings. The lowest BCUT2D eigenvalue weighted by atomic mass is 10.0. The second-order valence-electron chi connectivity index (χ2n) is 3.84. The molecule has 3 nitrogen and oxygen atoms in total. The molecule has 94 valence electrons. The first-order chi connectivity index (χ1) is 8.15. The number of aliphatic hydroxyl groups is 1. The summed E-state index contributed by atoms with van der Waals surface area (Å²) in [6.45, 7) is 8.52. The third-order valence-electron chi connectivity index (χ3n) is 2.84. The number of nitrogens with one attached hydrogen (secondary N) is 1. The lowest BCUT2D eigenvalue weighted by Crippen LogP contribution is -2.30. The van der Waals surface area contributed by atoms with Gasteiger partial charge in [-0.25, -0.2) is 0 Å². The molecule has 0 saturated carbocycles. The Morgan fingerprint density at radius 2 is 2.24 bits per heavy atom. The van der Waals surface area contributed by atoms with Gasteiger partial charge in [-0.05, 0) is 13.8 Å². The quantitative estimate of drug-likeness (QED) is 0.447. The predicted molar refractivity (Wildman–Crippen MR) is 74.6 cm³/mol. The zero-order valence-corrected chi connectivity index (χ0v) is 11.5. The van der Waals surface area contributed by atoms with Gasteiger partial charge in [-0.3, -0.25) is 4.72 Å². The molecule has 1 aliphatic rings. The van der Waals surface area contributed by atoms with Crippen LogP contribution in [0.2, 0.25) is 0 Å². The molecule has 0 aromatic rings. The lowest BCUT2D eigenvalue weighted by Gasteiger charge is -2.30. The van der Waals surface area contributed by atoms with Crippen LogP contribution in [0.15, 0.2) is 22.6 Å². The standard InChI is InChI=1S/C13H20N2OS/c1-5-11-8-15(7-3)10(4)13(16)12(11)9-17-14-6-2/h1,14,16H,6-9H2,2-4H3. The molecular weight excluding hydrogens is 232 g/mol. The Kier molecular flexibility index (Phi) is 5.46. The van der Waals surface area contributed by atoms with Gasteiger partial charge < -0.3 is 10.0 Å². The van der Waals surface area contributed by atoms with Gasteiger partial charge in [0, 0.05) is 30.0 Å². The summed E-state index contributed by atoms with van der Waals surface area (Å²) in [5, 5.41) is 10.2. The van der Waals surface area contributed by atoms with Gasteiger partial charge in [-0.15, -0.1) is 6.42 Å². The number of hydrogen-bond donors (Lipinski definition) is 2. The van der Waals surface area contributed by atoms with Crippen LogP contribution in [-0.4, -0.2) is 35.4 Å². The van der Waals surface area contributed by atoms with Gasteiger partial charge in [-0.2, -0.15) is 0 Å². The topological polar surface area (TPSA) is 35.5 Å². The van der Waals surface area contributed by atoms with Crippen LogP contribution in [0.5, 0.6) is 0 Å². The van der Waals surface area contributed by atoms with Gasteiger partial charge >= 0.3 is 0 Å². The zero-order valence-electron chi connectivity index (χ0n) is 10.7. The summed E-state index contributed by atoms with van der Waals surface area (Å²) in [5.41, 5.74) is 2.69. The normalized spacial score (nSPS) is 16.5. The number of rotatable bonds is 5. The number of hydrogen-bond acceptors (Lipinski definition) is 4. The monoisotopic (exact) mass is 252 g/mol. The van der Waals surface area contributed by atoms with Crippen molar-refractivity contribution in [2.45, 2.75) is 20.8 Å². The highest BCUT2D eigenvalue weighted by molar-refractivity contribution is 7.97. The fourth-order valence-corrected chi connectivity index (χ4v) is 2.54. The van der Waals surface area contributed by atoms with Crippen molar-refractivity contribution in [3.05, 3.63) is 22.6 Å². The van der Waals surface area contributed by atoms with E-state index in [1.165, 1.54) is 0 Å². The number of likely N-dealkylation sites (N-methyl/N-ethyl adjacent to an activating group) is 1. The van der Waals surface area contributed by atoms with E-state index in [1.807, 2.05) is 13.8 Å². The molecule has 2 N–H and O–H groups in total. The third-order valence-corrected chi connectivity index (χ3v) is 3.76. The first-order valence-corrected chi connectivity index (χ1v) is 6.82. The SMILES string of the molecule is C#CC1=C(CSNCC)C(O)=C(C)N(CC)C1. The lowest BCUT2D eigenvalue weighted by molar-refractivity contribution is 0.326. The molecule has 0 unspecified atom stereocenters. The van der Waals surface area contributed by atoms with Crippen LogP contribution >= 0.6 is 11.9 Å². The number of aliphatic hydroxyl groups excluding tert-OH is 1. The van der Waals surface area contributed by atoms with Crippen molar-refractivity contribution in [2.75, 3.05) is 25.4 Å². The van der Waals surface area contributed by atoms with Gasteiger partial charge in [-0.1, -0.05) is 24.8 Å². The van der Waals surface area contributed by atoms with Crippen LogP contribution in [0.3, 0.4) is 0 Å². The summed E-state index contributed by atoms with van der Waals surface area (Å²) in [7, 11) is 0. The Labute approximate surface area is 108 Å². The minimum absolute atomic E-state index is 0.344. The van der Waals surface area contributed by atoms with Crippen LogP contribution in [-0.2, 0) is 0 Å². The summed E-state index contributed by atoms with van der Waals surface area (Å²) in [6.07, 6.45) is 5.52. The maximum Gasteiger partial charge on any atom is 0.139 e. The zero-order chi connectivity index (χ0) is 12.8. The first-order valence-electron chi connectivity index (χ1n) is 5.84. The molecule has 0 aromatic heterocycles. The van der Waals surface area contributed by atoms with Crippen molar-refractivity contribution >= 4 is 11.9 Å². The van der Waals surface area contributed by atoms with Crippen LogP contribution in [0, 0.1) is 12.3 Å². The van der Waals surface area contributed by atoms with E-state index in [9.17, 15) is 5.11 Å². The molecule has 4 heteroatoms. The van der Waals surface area contributed by atoms with Gasteiger partial charge in [0.15, 0.2) is 0 Å². The average molecular weight is 252 g/mol. The van der Waals surface area contributed by atoms with Gasteiger partial charge in [0.2, 0.25) is 0 Å². The molecule has 0 radical (unpaired) electrons. The molecule has 1 heterocycles. The Bertz CT molecular complexity index is 379. The second kappa shape index (κ2) is 6.63. The molecule has 17 heavy (non-hydrogen) atoms. The van der Waals surface area contributed by atoms with Crippen molar-refractivity contribution in [3.8, 4) is 12.3 Å². The molecule has 0 spiro atoms. The summed E-state index contributed by atoms with van der Waals surface area (Å²) in [6, 6.07) is 0. The molecule has 1 rings (SSSR count). The number of nitrogens with zero attached hydrogens (tertiary/aromatic N) is 1. The molecule has 1 aliphatic heterocycles. The Balaban J connectivity index is 2.91. The first kappa shape index (κ1) is 14.0. The predicted octanol–water partition coefficient (Wildman–Crippen LogP) is 2.30. The molecule has 0 aromatic carbocycles. The van der Waals surface area contributed by atoms with E-state index in [0.29, 0.717) is 11.5 Å². The highest BCUT2D eigenvalue weighted by atomic mass is 32.2. The van der Waals surface area contributed by atoms with E-state index in [1.54, 1.807) is 11.9 Å². The van der Waals surface area contributed by atoms with E-state index >= 15 is 0 Å². The summed E-state index contributed by atoms with van der Waals surface area (Å²) >= 11 is 1.58. The van der Waals surface area contributed by atoms with Crippen LogP contribution in [0.4, 0.5) is 0 Å². The fourth-order valence-electron chi connectivity index (χ4n) is 1.78. The average Bonchev–Trinajstić information content (AvgIpc) is 2.35. The smallest absolute Gasteiger partial charge is 0.139 e. The fraction of sp³-hybridized carbons (Fsp3) is 0.538. The largest absolute Gasteiger partial charge is 0.506 e. The minimum atomic E-state index is 0.344. The van der Waals surface area contributed by atoms with E-state index in [4.69, 9.17) is 6.42 Å². The molecule has 0 bridgehead atoms. The van der Waals surface area contributed by atoms with Gasteiger partial charge in [0.1, 0.15) is 5.76 Å². The van der Waals surface area contributed by atoms with E-state index in [-0.39, 0.29) is 0 Å². The van der Waals surface area contributed by atoms with Crippen LogP contribution < -0.4 is 4.72 Å². The minimum Gasteiger partial charge on any atom is -0.506 e.